The molecule has 2 aliphatic rings. The third kappa shape index (κ3) is 3.39. The summed E-state index contributed by atoms with van der Waals surface area (Å²) in [6, 6.07) is 4.37. The van der Waals surface area contributed by atoms with Crippen LogP contribution >= 0.6 is 23.4 Å². The van der Waals surface area contributed by atoms with Crippen LogP contribution in [0, 0.1) is 11.7 Å². The molecule has 0 amide bonds. The predicted octanol–water partition coefficient (Wildman–Crippen LogP) is 4.17. The summed E-state index contributed by atoms with van der Waals surface area (Å²) >= 11 is 8.16. The lowest BCUT2D eigenvalue weighted by Crippen LogP contribution is -2.45. The molecule has 0 saturated carbocycles. The van der Waals surface area contributed by atoms with E-state index in [4.69, 9.17) is 22.1 Å². The first-order chi connectivity index (χ1) is 10.1. The van der Waals surface area contributed by atoms with Crippen LogP contribution in [0.3, 0.4) is 0 Å². The second-order valence-electron chi connectivity index (χ2n) is 6.09. The summed E-state index contributed by atoms with van der Waals surface area (Å²) in [5.74, 6) is 2.37. The summed E-state index contributed by atoms with van der Waals surface area (Å²) in [4.78, 5) is 0. The smallest absolute Gasteiger partial charge is 0.124 e. The first kappa shape index (κ1) is 15.6. The number of thioether (sulfide) groups is 1. The fraction of sp³-hybridized carbons (Fsp3) is 0.625. The fourth-order valence-electron chi connectivity index (χ4n) is 3.49. The van der Waals surface area contributed by atoms with Gasteiger partial charge in [0, 0.05) is 17.7 Å². The number of ether oxygens (including phenoxy) is 1. The van der Waals surface area contributed by atoms with E-state index in [2.05, 4.69) is 0 Å². The van der Waals surface area contributed by atoms with E-state index in [9.17, 15) is 4.39 Å². The Bertz CT molecular complexity index is 502. The molecular weight excluding hydrogens is 309 g/mol. The van der Waals surface area contributed by atoms with Crippen LogP contribution in [0.2, 0.25) is 5.02 Å². The van der Waals surface area contributed by atoms with Crippen molar-refractivity contribution in [1.29, 1.82) is 0 Å². The van der Waals surface area contributed by atoms with Gasteiger partial charge < -0.3 is 10.5 Å². The monoisotopic (exact) mass is 329 g/mol. The maximum atomic E-state index is 13.2. The second-order valence-corrected chi connectivity index (χ2v) is 7.72. The minimum absolute atomic E-state index is 0.0122. The summed E-state index contributed by atoms with van der Waals surface area (Å²) < 4.78 is 19.3. The highest BCUT2D eigenvalue weighted by atomic mass is 35.5. The van der Waals surface area contributed by atoms with Gasteiger partial charge in [0.05, 0.1) is 5.60 Å². The van der Waals surface area contributed by atoms with Crippen molar-refractivity contribution in [3.8, 4) is 0 Å². The van der Waals surface area contributed by atoms with E-state index < -0.39 is 0 Å². The van der Waals surface area contributed by atoms with Crippen LogP contribution in [-0.4, -0.2) is 23.7 Å². The number of hydrogen-bond donors (Lipinski definition) is 1. The standard InChI is InChI=1S/C16H21ClFNOS/c17-14-9-12(18)1-2-13(14)15(19)11-3-6-20-16(10-11)4-7-21-8-5-16/h1-2,9,11,15H,3-8,10,19H2. The van der Waals surface area contributed by atoms with Crippen LogP contribution < -0.4 is 5.73 Å². The van der Waals surface area contributed by atoms with E-state index in [0.29, 0.717) is 10.9 Å². The normalized spacial score (nSPS) is 26.7. The van der Waals surface area contributed by atoms with E-state index in [1.807, 2.05) is 11.8 Å². The maximum Gasteiger partial charge on any atom is 0.124 e. The maximum absolute atomic E-state index is 13.2. The zero-order valence-electron chi connectivity index (χ0n) is 12.0. The van der Waals surface area contributed by atoms with Crippen molar-refractivity contribution in [3.63, 3.8) is 0 Å². The quantitative estimate of drug-likeness (QED) is 0.884. The van der Waals surface area contributed by atoms with Gasteiger partial charge in [0.25, 0.3) is 0 Å². The molecule has 2 saturated heterocycles. The molecule has 2 fully saturated rings. The molecule has 2 heterocycles. The lowest BCUT2D eigenvalue weighted by atomic mass is 9.77. The van der Waals surface area contributed by atoms with Gasteiger partial charge in [-0.2, -0.15) is 11.8 Å². The van der Waals surface area contributed by atoms with Crippen molar-refractivity contribution >= 4 is 23.4 Å². The topological polar surface area (TPSA) is 35.2 Å². The van der Waals surface area contributed by atoms with E-state index in [-0.39, 0.29) is 17.5 Å². The van der Waals surface area contributed by atoms with Crippen molar-refractivity contribution in [3.05, 3.63) is 34.6 Å². The molecule has 0 radical (unpaired) electrons. The van der Waals surface area contributed by atoms with Crippen LogP contribution in [0.1, 0.15) is 37.3 Å². The molecule has 2 N–H and O–H groups in total. The van der Waals surface area contributed by atoms with Gasteiger partial charge in [-0.25, -0.2) is 4.39 Å². The van der Waals surface area contributed by atoms with Crippen molar-refractivity contribution in [1.82, 2.24) is 0 Å². The van der Waals surface area contributed by atoms with Gasteiger partial charge in [0.15, 0.2) is 0 Å². The fourth-order valence-corrected chi connectivity index (χ4v) is 5.02. The van der Waals surface area contributed by atoms with Gasteiger partial charge in [-0.05, 0) is 60.8 Å². The van der Waals surface area contributed by atoms with Gasteiger partial charge in [-0.15, -0.1) is 0 Å². The van der Waals surface area contributed by atoms with Crippen LogP contribution in [0.5, 0.6) is 0 Å². The minimum Gasteiger partial charge on any atom is -0.375 e. The Morgan fingerprint density at radius 1 is 1.38 bits per heavy atom. The molecule has 0 aromatic heterocycles. The van der Waals surface area contributed by atoms with Gasteiger partial charge in [-0.3, -0.25) is 0 Å². The number of nitrogens with two attached hydrogens (primary N) is 1. The molecule has 5 heteroatoms. The zero-order valence-corrected chi connectivity index (χ0v) is 13.6. The van der Waals surface area contributed by atoms with E-state index >= 15 is 0 Å². The lowest BCUT2D eigenvalue weighted by molar-refractivity contribution is -0.105. The summed E-state index contributed by atoms with van der Waals surface area (Å²) in [6.45, 7) is 0.766. The minimum atomic E-state index is -0.316. The molecular formula is C16H21ClFNOS. The third-order valence-electron chi connectivity index (χ3n) is 4.76. The van der Waals surface area contributed by atoms with Gasteiger partial charge >= 0.3 is 0 Å². The largest absolute Gasteiger partial charge is 0.375 e. The van der Waals surface area contributed by atoms with Crippen LogP contribution in [0.4, 0.5) is 4.39 Å². The van der Waals surface area contributed by atoms with Crippen molar-refractivity contribution in [2.45, 2.75) is 37.3 Å². The number of benzene rings is 1. The molecule has 2 aliphatic heterocycles. The first-order valence-corrected chi connectivity index (χ1v) is 9.05. The first-order valence-electron chi connectivity index (χ1n) is 7.52. The summed E-state index contributed by atoms with van der Waals surface area (Å²) in [5.41, 5.74) is 7.31. The Hall–Kier alpha value is -0.290. The Morgan fingerprint density at radius 3 is 2.86 bits per heavy atom. The SMILES string of the molecule is NC(c1ccc(F)cc1Cl)C1CCOC2(CCSCC2)C1. The second kappa shape index (κ2) is 6.45. The lowest BCUT2D eigenvalue weighted by Gasteiger charge is -2.45. The molecule has 0 bridgehead atoms. The van der Waals surface area contributed by atoms with Gasteiger partial charge in [-0.1, -0.05) is 17.7 Å². The predicted molar refractivity (Wildman–Crippen MR) is 86.3 cm³/mol. The Kier molecular flexibility index (Phi) is 4.79. The number of rotatable bonds is 2. The van der Waals surface area contributed by atoms with Gasteiger partial charge in [0.1, 0.15) is 5.82 Å². The van der Waals surface area contributed by atoms with Crippen molar-refractivity contribution in [2.24, 2.45) is 11.7 Å². The summed E-state index contributed by atoms with van der Waals surface area (Å²) in [6.07, 6.45) is 4.16. The highest BCUT2D eigenvalue weighted by Gasteiger charge is 2.40. The van der Waals surface area contributed by atoms with E-state index in [1.165, 1.54) is 23.6 Å². The highest BCUT2D eigenvalue weighted by molar-refractivity contribution is 7.99. The van der Waals surface area contributed by atoms with Crippen molar-refractivity contribution in [2.75, 3.05) is 18.1 Å². The average Bonchev–Trinajstić information content (AvgIpc) is 2.47. The van der Waals surface area contributed by atoms with E-state index in [0.717, 1.165) is 37.9 Å². The molecule has 2 nitrogen and oxygen atoms in total. The number of halogens is 2. The molecule has 0 aliphatic carbocycles. The molecule has 116 valence electrons. The van der Waals surface area contributed by atoms with E-state index in [1.54, 1.807) is 6.07 Å². The summed E-state index contributed by atoms with van der Waals surface area (Å²) in [7, 11) is 0. The van der Waals surface area contributed by atoms with Gasteiger partial charge in [0.2, 0.25) is 0 Å². The Labute approximate surface area is 134 Å². The Balaban J connectivity index is 1.76. The molecule has 3 rings (SSSR count). The number of hydrogen-bond acceptors (Lipinski definition) is 3. The Morgan fingerprint density at radius 2 is 2.14 bits per heavy atom. The molecule has 1 aromatic rings. The van der Waals surface area contributed by atoms with Crippen LogP contribution in [0.15, 0.2) is 18.2 Å². The molecule has 2 unspecified atom stereocenters. The molecule has 2 atom stereocenters. The molecule has 1 spiro atoms. The molecule has 1 aromatic carbocycles. The highest BCUT2D eigenvalue weighted by Crippen LogP contribution is 2.43. The summed E-state index contributed by atoms with van der Waals surface area (Å²) in [5, 5.41) is 0.433. The van der Waals surface area contributed by atoms with Crippen LogP contribution in [-0.2, 0) is 4.74 Å². The molecule has 21 heavy (non-hydrogen) atoms. The van der Waals surface area contributed by atoms with Crippen molar-refractivity contribution < 1.29 is 9.13 Å². The average molecular weight is 330 g/mol. The zero-order chi connectivity index (χ0) is 14.9. The third-order valence-corrected chi connectivity index (χ3v) is 6.08. The van der Waals surface area contributed by atoms with Crippen LogP contribution in [0.25, 0.3) is 0 Å².